The molecular weight excluding hydrogens is 232 g/mol. The van der Waals surface area contributed by atoms with Gasteiger partial charge in [-0.3, -0.25) is 10.1 Å². The summed E-state index contributed by atoms with van der Waals surface area (Å²) in [5, 5.41) is 10.5. The highest BCUT2D eigenvalue weighted by Gasteiger charge is 2.18. The smallest absolute Gasteiger partial charge is 0.258 e. The molecule has 0 aliphatic carbocycles. The maximum absolute atomic E-state index is 11.6. The van der Waals surface area contributed by atoms with Crippen molar-refractivity contribution in [2.45, 2.75) is 18.2 Å². The van der Waals surface area contributed by atoms with Crippen molar-refractivity contribution >= 4 is 15.7 Å². The van der Waals surface area contributed by atoms with Gasteiger partial charge in [-0.1, -0.05) is 6.92 Å². The van der Waals surface area contributed by atoms with Gasteiger partial charge in [0.2, 0.25) is 10.0 Å². The monoisotopic (exact) mass is 244 g/mol. The first-order valence-corrected chi connectivity index (χ1v) is 6.11. The van der Waals surface area contributed by atoms with Crippen LogP contribution in [0.3, 0.4) is 0 Å². The normalized spacial score (nSPS) is 11.4. The largest absolute Gasteiger partial charge is 0.269 e. The van der Waals surface area contributed by atoms with E-state index >= 15 is 0 Å². The van der Waals surface area contributed by atoms with Crippen molar-refractivity contribution in [2.24, 2.45) is 0 Å². The van der Waals surface area contributed by atoms with Gasteiger partial charge in [-0.05, 0) is 25.1 Å². The van der Waals surface area contributed by atoms with Crippen LogP contribution in [0.25, 0.3) is 0 Å². The fraction of sp³-hybridized carbons (Fsp3) is 0.333. The zero-order chi connectivity index (χ0) is 12.3. The van der Waals surface area contributed by atoms with Crippen LogP contribution in [-0.4, -0.2) is 20.4 Å². The van der Waals surface area contributed by atoms with Crippen LogP contribution < -0.4 is 4.72 Å². The summed E-state index contributed by atoms with van der Waals surface area (Å²) < 4.78 is 25.3. The van der Waals surface area contributed by atoms with Crippen molar-refractivity contribution in [1.82, 2.24) is 4.72 Å². The van der Waals surface area contributed by atoms with E-state index in [4.69, 9.17) is 0 Å². The molecule has 0 bridgehead atoms. The van der Waals surface area contributed by atoms with E-state index in [9.17, 15) is 18.5 Å². The van der Waals surface area contributed by atoms with Crippen LogP contribution in [0.4, 0.5) is 5.69 Å². The molecule has 16 heavy (non-hydrogen) atoms. The highest BCUT2D eigenvalue weighted by Crippen LogP contribution is 2.21. The standard InChI is InChI=1S/C9H12N2O4S/c1-3-7-6-8(11(12)13)4-5-9(7)16(14,15)10-2/h4-6,10H,3H2,1-2H3. The molecule has 0 aliphatic rings. The number of nitro groups is 1. The van der Waals surface area contributed by atoms with Crippen molar-refractivity contribution in [3.8, 4) is 0 Å². The van der Waals surface area contributed by atoms with Gasteiger partial charge in [-0.25, -0.2) is 13.1 Å². The van der Waals surface area contributed by atoms with Gasteiger partial charge in [0.05, 0.1) is 9.82 Å². The molecule has 0 aromatic heterocycles. The Balaban J connectivity index is 3.39. The molecule has 1 rings (SSSR count). The van der Waals surface area contributed by atoms with Gasteiger partial charge in [-0.15, -0.1) is 0 Å². The number of benzene rings is 1. The molecule has 1 aromatic rings. The lowest BCUT2D eigenvalue weighted by molar-refractivity contribution is -0.385. The van der Waals surface area contributed by atoms with Gasteiger partial charge in [0.25, 0.3) is 5.69 Å². The minimum Gasteiger partial charge on any atom is -0.258 e. The van der Waals surface area contributed by atoms with E-state index < -0.39 is 14.9 Å². The second-order valence-corrected chi connectivity index (χ2v) is 4.97. The summed E-state index contributed by atoms with van der Waals surface area (Å²) in [6.45, 7) is 1.74. The molecule has 0 fully saturated rings. The minimum absolute atomic E-state index is 0.0862. The lowest BCUT2D eigenvalue weighted by Crippen LogP contribution is -2.20. The first-order chi connectivity index (χ1) is 7.42. The predicted octanol–water partition coefficient (Wildman–Crippen LogP) is 1.07. The average Bonchev–Trinajstić information content (AvgIpc) is 2.28. The molecule has 1 aromatic carbocycles. The van der Waals surface area contributed by atoms with Crippen LogP contribution in [0.2, 0.25) is 0 Å². The van der Waals surface area contributed by atoms with Gasteiger partial charge >= 0.3 is 0 Å². The van der Waals surface area contributed by atoms with Crippen LogP contribution in [0.5, 0.6) is 0 Å². The molecule has 0 spiro atoms. The Kier molecular flexibility index (Phi) is 3.61. The molecule has 0 amide bonds. The number of hydrogen-bond acceptors (Lipinski definition) is 4. The zero-order valence-corrected chi connectivity index (χ0v) is 9.74. The van der Waals surface area contributed by atoms with Crippen molar-refractivity contribution < 1.29 is 13.3 Å². The molecule has 0 radical (unpaired) electrons. The number of sulfonamides is 1. The summed E-state index contributed by atoms with van der Waals surface area (Å²) in [5.41, 5.74) is 0.329. The molecule has 0 atom stereocenters. The third-order valence-corrected chi connectivity index (χ3v) is 3.71. The van der Waals surface area contributed by atoms with E-state index in [0.29, 0.717) is 12.0 Å². The fourth-order valence-electron chi connectivity index (χ4n) is 1.33. The van der Waals surface area contributed by atoms with E-state index in [2.05, 4.69) is 4.72 Å². The molecular formula is C9H12N2O4S. The molecule has 0 heterocycles. The van der Waals surface area contributed by atoms with E-state index in [1.807, 2.05) is 0 Å². The third-order valence-electron chi connectivity index (χ3n) is 2.19. The van der Waals surface area contributed by atoms with E-state index in [-0.39, 0.29) is 10.6 Å². The molecule has 6 nitrogen and oxygen atoms in total. The van der Waals surface area contributed by atoms with Crippen LogP contribution in [-0.2, 0) is 16.4 Å². The Morgan fingerprint density at radius 2 is 2.06 bits per heavy atom. The molecule has 1 N–H and O–H groups in total. The molecule has 88 valence electrons. The van der Waals surface area contributed by atoms with Crippen LogP contribution in [0.1, 0.15) is 12.5 Å². The van der Waals surface area contributed by atoms with Crippen LogP contribution >= 0.6 is 0 Å². The van der Waals surface area contributed by atoms with Gasteiger partial charge in [-0.2, -0.15) is 0 Å². The summed E-state index contributed by atoms with van der Waals surface area (Å²) in [6.07, 6.45) is 0.415. The number of nitrogens with zero attached hydrogens (tertiary/aromatic N) is 1. The van der Waals surface area contributed by atoms with Gasteiger partial charge in [0.1, 0.15) is 0 Å². The van der Waals surface area contributed by atoms with Crippen LogP contribution in [0.15, 0.2) is 23.1 Å². The molecule has 0 unspecified atom stereocenters. The summed E-state index contributed by atoms with van der Waals surface area (Å²) in [6, 6.07) is 3.72. The van der Waals surface area contributed by atoms with E-state index in [0.717, 1.165) is 0 Å². The lowest BCUT2D eigenvalue weighted by atomic mass is 10.1. The molecule has 0 aliphatic heterocycles. The number of nitrogens with one attached hydrogen (secondary N) is 1. The first kappa shape index (κ1) is 12.6. The maximum atomic E-state index is 11.6. The molecule has 7 heteroatoms. The van der Waals surface area contributed by atoms with E-state index in [1.54, 1.807) is 6.92 Å². The number of hydrogen-bond donors (Lipinski definition) is 1. The number of rotatable bonds is 4. The Bertz CT molecular complexity index is 510. The van der Waals surface area contributed by atoms with Gasteiger partial charge < -0.3 is 0 Å². The topological polar surface area (TPSA) is 89.3 Å². The Morgan fingerprint density at radius 1 is 1.44 bits per heavy atom. The van der Waals surface area contributed by atoms with Crippen molar-refractivity contribution in [3.63, 3.8) is 0 Å². The zero-order valence-electron chi connectivity index (χ0n) is 8.93. The predicted molar refractivity (Wildman–Crippen MR) is 58.7 cm³/mol. The second kappa shape index (κ2) is 4.58. The Labute approximate surface area is 93.5 Å². The number of aryl methyl sites for hydroxylation is 1. The Morgan fingerprint density at radius 3 is 2.50 bits per heavy atom. The van der Waals surface area contributed by atoms with Gasteiger partial charge in [0, 0.05) is 12.1 Å². The SMILES string of the molecule is CCc1cc([N+](=O)[O-])ccc1S(=O)(=O)NC. The highest BCUT2D eigenvalue weighted by atomic mass is 32.2. The van der Waals surface area contributed by atoms with Crippen molar-refractivity contribution in [1.29, 1.82) is 0 Å². The quantitative estimate of drug-likeness (QED) is 0.633. The number of nitro benzene ring substituents is 1. The van der Waals surface area contributed by atoms with Crippen molar-refractivity contribution in [3.05, 3.63) is 33.9 Å². The molecule has 0 saturated carbocycles. The first-order valence-electron chi connectivity index (χ1n) is 4.63. The summed E-state index contributed by atoms with van der Waals surface area (Å²) in [4.78, 5) is 10.1. The van der Waals surface area contributed by atoms with Gasteiger partial charge in [0.15, 0.2) is 0 Å². The van der Waals surface area contributed by atoms with E-state index in [1.165, 1.54) is 25.2 Å². The lowest BCUT2D eigenvalue weighted by Gasteiger charge is -2.07. The summed E-state index contributed by atoms with van der Waals surface area (Å²) in [5.74, 6) is 0. The second-order valence-electron chi connectivity index (χ2n) is 3.11. The average molecular weight is 244 g/mol. The third kappa shape index (κ3) is 2.37. The Hall–Kier alpha value is -1.47. The van der Waals surface area contributed by atoms with Crippen LogP contribution in [0, 0.1) is 10.1 Å². The maximum Gasteiger partial charge on any atom is 0.269 e. The van der Waals surface area contributed by atoms with Crippen molar-refractivity contribution in [2.75, 3.05) is 7.05 Å². The highest BCUT2D eigenvalue weighted by molar-refractivity contribution is 7.89. The minimum atomic E-state index is -3.56. The summed E-state index contributed by atoms with van der Waals surface area (Å²) in [7, 11) is -2.25. The number of non-ortho nitro benzene ring substituents is 1. The summed E-state index contributed by atoms with van der Waals surface area (Å²) >= 11 is 0. The fourth-order valence-corrected chi connectivity index (χ4v) is 2.34. The molecule has 0 saturated heterocycles.